The van der Waals surface area contributed by atoms with Crippen LogP contribution in [-0.2, 0) is 6.54 Å². The smallest absolute Gasteiger partial charge is 0.232 e. The summed E-state index contributed by atoms with van der Waals surface area (Å²) in [7, 11) is 0. The minimum atomic E-state index is 0.414. The Morgan fingerprint density at radius 2 is 2.12 bits per heavy atom. The molecule has 25 heavy (non-hydrogen) atoms. The van der Waals surface area contributed by atoms with Crippen LogP contribution in [-0.4, -0.2) is 28.2 Å². The molecular formula is C18H22ClN5S. The molecule has 0 spiro atoms. The highest BCUT2D eigenvalue weighted by atomic mass is 35.5. The predicted molar refractivity (Wildman–Crippen MR) is 107 cm³/mol. The molecule has 1 aliphatic rings. The molecule has 3 rings (SSSR count). The summed E-state index contributed by atoms with van der Waals surface area (Å²) in [5.41, 5.74) is 1.15. The number of rotatable bonds is 4. The summed E-state index contributed by atoms with van der Waals surface area (Å²) in [6.07, 6.45) is 2.43. The van der Waals surface area contributed by atoms with E-state index >= 15 is 0 Å². The summed E-state index contributed by atoms with van der Waals surface area (Å²) in [5.74, 6) is 1.93. The number of benzene rings is 1. The molecule has 2 N–H and O–H groups in total. The zero-order valence-electron chi connectivity index (χ0n) is 14.2. The molecule has 2 heterocycles. The van der Waals surface area contributed by atoms with Crippen LogP contribution in [0.3, 0.4) is 0 Å². The molecule has 1 saturated heterocycles. The number of anilines is 2. The average molecular weight is 376 g/mol. The van der Waals surface area contributed by atoms with Gasteiger partial charge in [0.1, 0.15) is 11.0 Å². The molecule has 1 fully saturated rings. The van der Waals surface area contributed by atoms with Crippen LogP contribution in [0.4, 0.5) is 11.8 Å². The van der Waals surface area contributed by atoms with Gasteiger partial charge in [-0.2, -0.15) is 4.98 Å². The van der Waals surface area contributed by atoms with Gasteiger partial charge >= 0.3 is 0 Å². The first-order valence-electron chi connectivity index (χ1n) is 8.48. The first-order chi connectivity index (χ1) is 12.1. The number of hydrogen-bond donors (Lipinski definition) is 2. The van der Waals surface area contributed by atoms with E-state index in [2.05, 4.69) is 32.4 Å². The fourth-order valence-corrected chi connectivity index (χ4v) is 3.29. The highest BCUT2D eigenvalue weighted by Crippen LogP contribution is 2.24. The second-order valence-electron chi connectivity index (χ2n) is 6.36. The third kappa shape index (κ3) is 5.28. The Morgan fingerprint density at radius 3 is 2.88 bits per heavy atom. The van der Waals surface area contributed by atoms with Gasteiger partial charge in [0.2, 0.25) is 5.95 Å². The van der Waals surface area contributed by atoms with E-state index < -0.39 is 0 Å². The molecule has 1 aromatic carbocycles. The van der Waals surface area contributed by atoms with Gasteiger partial charge in [-0.3, -0.25) is 0 Å². The molecule has 1 aliphatic heterocycles. The molecule has 5 nitrogen and oxygen atoms in total. The Morgan fingerprint density at radius 1 is 1.32 bits per heavy atom. The molecule has 132 valence electrons. The molecule has 0 aliphatic carbocycles. The maximum atomic E-state index is 6.18. The van der Waals surface area contributed by atoms with Crippen LogP contribution < -0.4 is 15.5 Å². The van der Waals surface area contributed by atoms with E-state index in [1.165, 1.54) is 12.8 Å². The lowest BCUT2D eigenvalue weighted by molar-refractivity contribution is 0.444. The van der Waals surface area contributed by atoms with Crippen molar-refractivity contribution in [1.29, 1.82) is 0 Å². The molecule has 7 heteroatoms. The van der Waals surface area contributed by atoms with Crippen molar-refractivity contribution in [1.82, 2.24) is 15.3 Å². The molecular weight excluding hydrogens is 354 g/mol. The Balaban J connectivity index is 1.62. The molecule has 0 bridgehead atoms. The summed E-state index contributed by atoms with van der Waals surface area (Å²) in [5, 5.41) is 7.08. The minimum Gasteiger partial charge on any atom is -0.358 e. The van der Waals surface area contributed by atoms with Gasteiger partial charge in [0, 0.05) is 25.7 Å². The minimum absolute atomic E-state index is 0.414. The Bertz CT molecular complexity index is 725. The van der Waals surface area contributed by atoms with Gasteiger partial charge in [0.25, 0.3) is 0 Å². The number of nitrogens with zero attached hydrogens (tertiary/aromatic N) is 3. The topological polar surface area (TPSA) is 53.1 Å². The second-order valence-corrected chi connectivity index (χ2v) is 7.15. The van der Waals surface area contributed by atoms with E-state index in [4.69, 9.17) is 23.8 Å². The van der Waals surface area contributed by atoms with Gasteiger partial charge in [-0.25, -0.2) is 4.98 Å². The van der Waals surface area contributed by atoms with Crippen LogP contribution in [0.25, 0.3) is 0 Å². The maximum Gasteiger partial charge on any atom is 0.232 e. The van der Waals surface area contributed by atoms with E-state index in [-0.39, 0.29) is 0 Å². The average Bonchev–Trinajstić information content (AvgIpc) is 2.60. The van der Waals surface area contributed by atoms with Crippen LogP contribution in [0.5, 0.6) is 0 Å². The highest BCUT2D eigenvalue weighted by Gasteiger charge is 2.19. The Labute approximate surface area is 158 Å². The number of hydrogen-bond acceptors (Lipinski definition) is 4. The van der Waals surface area contributed by atoms with Crippen molar-refractivity contribution >= 4 is 40.7 Å². The van der Waals surface area contributed by atoms with Gasteiger partial charge in [0.05, 0.1) is 0 Å². The van der Waals surface area contributed by atoms with Crippen LogP contribution in [0.1, 0.15) is 25.3 Å². The lowest BCUT2D eigenvalue weighted by Gasteiger charge is -2.32. The Kier molecular flexibility index (Phi) is 6.04. The summed E-state index contributed by atoms with van der Waals surface area (Å²) in [6.45, 7) is 4.89. The van der Waals surface area contributed by atoms with Gasteiger partial charge < -0.3 is 15.5 Å². The lowest BCUT2D eigenvalue weighted by atomic mass is 10.0. The molecule has 2 aromatic rings. The van der Waals surface area contributed by atoms with Gasteiger partial charge in [-0.05, 0) is 36.5 Å². The molecule has 1 aromatic heterocycles. The fraction of sp³-hybridized carbons (Fsp3) is 0.389. The highest BCUT2D eigenvalue weighted by molar-refractivity contribution is 7.80. The van der Waals surface area contributed by atoms with Crippen LogP contribution in [0, 0.1) is 5.92 Å². The van der Waals surface area contributed by atoms with Crippen molar-refractivity contribution in [2.45, 2.75) is 26.3 Å². The van der Waals surface area contributed by atoms with Crippen molar-refractivity contribution in [2.75, 3.05) is 23.3 Å². The van der Waals surface area contributed by atoms with Crippen molar-refractivity contribution in [3.8, 4) is 0 Å². The zero-order chi connectivity index (χ0) is 17.6. The van der Waals surface area contributed by atoms with Crippen LogP contribution in [0.2, 0.25) is 5.15 Å². The first kappa shape index (κ1) is 17.9. The quantitative estimate of drug-likeness (QED) is 0.625. The SMILES string of the molecule is C[C@@H]1CCCN(c2cc(Cl)nc(NC(=S)NCc3ccccc3)n2)C1. The van der Waals surface area contributed by atoms with E-state index in [1.54, 1.807) is 0 Å². The van der Waals surface area contributed by atoms with E-state index in [0.29, 0.717) is 28.7 Å². The standard InChI is InChI=1S/C18H22ClN5S/c1-13-6-5-9-24(12-13)16-10-15(19)21-17(22-16)23-18(25)20-11-14-7-3-2-4-8-14/h2-4,7-8,10,13H,5-6,9,11-12H2,1H3,(H2,20,21,22,23,25)/t13-/m1/s1. The fourth-order valence-electron chi connectivity index (χ4n) is 2.95. The normalized spacial score (nSPS) is 17.2. The maximum absolute atomic E-state index is 6.18. The van der Waals surface area contributed by atoms with Gasteiger partial charge in [0.15, 0.2) is 5.11 Å². The Hall–Kier alpha value is -1.92. The van der Waals surface area contributed by atoms with E-state index in [1.807, 2.05) is 36.4 Å². The predicted octanol–water partition coefficient (Wildman–Crippen LogP) is 3.85. The lowest BCUT2D eigenvalue weighted by Crippen LogP contribution is -2.35. The van der Waals surface area contributed by atoms with Crippen LogP contribution in [0.15, 0.2) is 36.4 Å². The number of halogens is 1. The van der Waals surface area contributed by atoms with Gasteiger partial charge in [-0.1, -0.05) is 48.9 Å². The molecule has 1 atom stereocenters. The zero-order valence-corrected chi connectivity index (χ0v) is 15.8. The molecule has 0 radical (unpaired) electrons. The summed E-state index contributed by atoms with van der Waals surface area (Å²) < 4.78 is 0. The van der Waals surface area contributed by atoms with E-state index in [0.717, 1.165) is 24.5 Å². The number of nitrogens with one attached hydrogen (secondary N) is 2. The summed E-state index contributed by atoms with van der Waals surface area (Å²) in [6, 6.07) is 11.9. The van der Waals surface area contributed by atoms with Gasteiger partial charge in [-0.15, -0.1) is 0 Å². The van der Waals surface area contributed by atoms with Crippen LogP contribution >= 0.6 is 23.8 Å². The first-order valence-corrected chi connectivity index (χ1v) is 9.27. The largest absolute Gasteiger partial charge is 0.358 e. The van der Waals surface area contributed by atoms with Crippen molar-refractivity contribution in [3.63, 3.8) is 0 Å². The van der Waals surface area contributed by atoms with Crippen molar-refractivity contribution < 1.29 is 0 Å². The molecule has 0 saturated carbocycles. The number of thiocarbonyl (C=S) groups is 1. The second kappa shape index (κ2) is 8.45. The molecule has 0 unspecified atom stereocenters. The van der Waals surface area contributed by atoms with Crippen molar-refractivity contribution in [2.24, 2.45) is 5.92 Å². The van der Waals surface area contributed by atoms with E-state index in [9.17, 15) is 0 Å². The third-order valence-corrected chi connectivity index (χ3v) is 4.62. The molecule has 0 amide bonds. The monoisotopic (exact) mass is 375 g/mol. The summed E-state index contributed by atoms with van der Waals surface area (Å²) in [4.78, 5) is 11.1. The van der Waals surface area contributed by atoms with Crippen molar-refractivity contribution in [3.05, 3.63) is 47.1 Å². The number of aromatic nitrogens is 2. The third-order valence-electron chi connectivity index (χ3n) is 4.18. The number of piperidine rings is 1. The summed E-state index contributed by atoms with van der Waals surface area (Å²) >= 11 is 11.5.